The van der Waals surface area contributed by atoms with Gasteiger partial charge in [0.1, 0.15) is 5.75 Å². The summed E-state index contributed by atoms with van der Waals surface area (Å²) in [5.41, 5.74) is 0.814. The molecular weight excluding hydrogens is 467 g/mol. The molecule has 0 aromatic heterocycles. The van der Waals surface area contributed by atoms with E-state index in [1.54, 1.807) is 0 Å². The number of guanidine groups is 1. The first kappa shape index (κ1) is 26.9. The van der Waals surface area contributed by atoms with Crippen molar-refractivity contribution < 1.29 is 9.84 Å². The van der Waals surface area contributed by atoms with Gasteiger partial charge >= 0.3 is 0 Å². The number of aliphatic imine (C=N–C) groups is 1. The standard InChI is InChI=1S/C21H38N4O2.HI/c1-6-22-21(23-13-10-14-25(7-2)8-3)24-16-20(26)18-11-9-12-19(15-18)27-17(4)5;/h9,11-12,15,17,20,26H,6-8,10,13-14,16H2,1-5H3,(H2,22,23,24);1H. The first-order valence-corrected chi connectivity index (χ1v) is 10.2. The van der Waals surface area contributed by atoms with Gasteiger partial charge in [-0.3, -0.25) is 4.99 Å². The average molecular weight is 506 g/mol. The number of aliphatic hydroxyl groups excluding tert-OH is 1. The van der Waals surface area contributed by atoms with Crippen LogP contribution in [0.25, 0.3) is 0 Å². The largest absolute Gasteiger partial charge is 0.491 e. The van der Waals surface area contributed by atoms with Gasteiger partial charge in [-0.25, -0.2) is 0 Å². The molecule has 0 saturated heterocycles. The minimum atomic E-state index is -0.660. The first-order valence-electron chi connectivity index (χ1n) is 10.2. The van der Waals surface area contributed by atoms with Crippen LogP contribution >= 0.6 is 24.0 Å². The Morgan fingerprint density at radius 2 is 1.89 bits per heavy atom. The molecule has 0 amide bonds. The summed E-state index contributed by atoms with van der Waals surface area (Å²) < 4.78 is 5.70. The molecule has 1 rings (SSSR count). The van der Waals surface area contributed by atoms with E-state index in [4.69, 9.17) is 4.74 Å². The van der Waals surface area contributed by atoms with Crippen LogP contribution in [0.5, 0.6) is 5.75 Å². The van der Waals surface area contributed by atoms with Crippen LogP contribution in [0.15, 0.2) is 29.3 Å². The Kier molecular flexibility index (Phi) is 15.2. The number of aliphatic hydroxyl groups is 1. The summed E-state index contributed by atoms with van der Waals surface area (Å²) in [7, 11) is 0. The molecule has 1 unspecified atom stereocenters. The molecule has 7 heteroatoms. The fraction of sp³-hybridized carbons (Fsp3) is 0.667. The maximum absolute atomic E-state index is 10.5. The Hall–Kier alpha value is -1.06. The van der Waals surface area contributed by atoms with Crippen LogP contribution in [0.3, 0.4) is 0 Å². The van der Waals surface area contributed by atoms with E-state index in [1.807, 2.05) is 45.0 Å². The number of halogens is 1. The molecule has 0 radical (unpaired) electrons. The SMILES string of the molecule is CCNC(=NCC(O)c1cccc(OC(C)C)c1)NCCCN(CC)CC.I. The molecule has 0 spiro atoms. The number of nitrogens with zero attached hydrogens (tertiary/aromatic N) is 2. The van der Waals surface area contributed by atoms with Crippen molar-refractivity contribution >= 4 is 29.9 Å². The van der Waals surface area contributed by atoms with E-state index >= 15 is 0 Å². The topological polar surface area (TPSA) is 69.1 Å². The number of ether oxygens (including phenoxy) is 1. The summed E-state index contributed by atoms with van der Waals surface area (Å²) in [4.78, 5) is 6.93. The average Bonchev–Trinajstić information content (AvgIpc) is 2.65. The van der Waals surface area contributed by atoms with Crippen molar-refractivity contribution in [3.05, 3.63) is 29.8 Å². The van der Waals surface area contributed by atoms with E-state index in [-0.39, 0.29) is 30.1 Å². The minimum absolute atomic E-state index is 0. The summed E-state index contributed by atoms with van der Waals surface area (Å²) in [6, 6.07) is 7.58. The molecule has 0 fully saturated rings. The number of hydrogen-bond donors (Lipinski definition) is 3. The van der Waals surface area contributed by atoms with Gasteiger partial charge in [-0.2, -0.15) is 0 Å². The van der Waals surface area contributed by atoms with Crippen molar-refractivity contribution in [2.45, 2.75) is 53.2 Å². The molecule has 1 aromatic rings. The van der Waals surface area contributed by atoms with Gasteiger partial charge in [-0.1, -0.05) is 26.0 Å². The van der Waals surface area contributed by atoms with Gasteiger partial charge in [0, 0.05) is 13.1 Å². The van der Waals surface area contributed by atoms with Crippen LogP contribution < -0.4 is 15.4 Å². The molecule has 0 aliphatic heterocycles. The Bertz CT molecular complexity index is 551. The summed E-state index contributed by atoms with van der Waals surface area (Å²) >= 11 is 0. The number of nitrogens with one attached hydrogen (secondary N) is 2. The fourth-order valence-corrected chi connectivity index (χ4v) is 2.74. The molecule has 6 nitrogen and oxygen atoms in total. The predicted molar refractivity (Wildman–Crippen MR) is 129 cm³/mol. The Morgan fingerprint density at radius 1 is 1.18 bits per heavy atom. The highest BCUT2D eigenvalue weighted by atomic mass is 127. The van der Waals surface area contributed by atoms with Gasteiger partial charge in [0.2, 0.25) is 0 Å². The fourth-order valence-electron chi connectivity index (χ4n) is 2.74. The molecule has 0 saturated carbocycles. The molecular formula is C21H39IN4O2. The second-order valence-corrected chi connectivity index (χ2v) is 6.78. The van der Waals surface area contributed by atoms with E-state index in [0.29, 0.717) is 6.54 Å². The number of benzene rings is 1. The lowest BCUT2D eigenvalue weighted by Crippen LogP contribution is -2.39. The molecule has 162 valence electrons. The molecule has 0 aliphatic rings. The van der Waals surface area contributed by atoms with Crippen molar-refractivity contribution in [1.82, 2.24) is 15.5 Å². The lowest BCUT2D eigenvalue weighted by atomic mass is 10.1. The molecule has 1 atom stereocenters. The Morgan fingerprint density at radius 3 is 2.50 bits per heavy atom. The van der Waals surface area contributed by atoms with Crippen molar-refractivity contribution in [2.75, 3.05) is 39.3 Å². The van der Waals surface area contributed by atoms with E-state index in [2.05, 4.69) is 34.4 Å². The summed E-state index contributed by atoms with van der Waals surface area (Å²) in [6.07, 6.45) is 0.506. The summed E-state index contributed by atoms with van der Waals surface area (Å²) in [6.45, 7) is 15.6. The highest BCUT2D eigenvalue weighted by Crippen LogP contribution is 2.20. The second kappa shape index (κ2) is 15.8. The van der Waals surface area contributed by atoms with Crippen LogP contribution in [0.1, 0.15) is 52.7 Å². The van der Waals surface area contributed by atoms with Gasteiger partial charge in [-0.05, 0) is 64.5 Å². The van der Waals surface area contributed by atoms with Crippen LogP contribution in [-0.4, -0.2) is 61.3 Å². The van der Waals surface area contributed by atoms with Crippen LogP contribution in [0, 0.1) is 0 Å². The van der Waals surface area contributed by atoms with Crippen molar-refractivity contribution in [3.63, 3.8) is 0 Å². The maximum Gasteiger partial charge on any atom is 0.191 e. The maximum atomic E-state index is 10.5. The predicted octanol–water partition coefficient (Wildman–Crippen LogP) is 3.41. The van der Waals surface area contributed by atoms with Crippen LogP contribution in [0.4, 0.5) is 0 Å². The quantitative estimate of drug-likeness (QED) is 0.176. The zero-order chi connectivity index (χ0) is 20.1. The molecule has 0 aliphatic carbocycles. The summed E-state index contributed by atoms with van der Waals surface area (Å²) in [5.74, 6) is 1.51. The zero-order valence-electron chi connectivity index (χ0n) is 18.1. The van der Waals surface area contributed by atoms with Crippen molar-refractivity contribution in [1.29, 1.82) is 0 Å². The smallest absolute Gasteiger partial charge is 0.191 e. The molecule has 0 bridgehead atoms. The minimum Gasteiger partial charge on any atom is -0.491 e. The van der Waals surface area contributed by atoms with Gasteiger partial charge in [-0.15, -0.1) is 24.0 Å². The molecule has 3 N–H and O–H groups in total. The Labute approximate surface area is 188 Å². The lowest BCUT2D eigenvalue weighted by Gasteiger charge is -2.18. The highest BCUT2D eigenvalue weighted by molar-refractivity contribution is 14.0. The third-order valence-corrected chi connectivity index (χ3v) is 4.22. The van der Waals surface area contributed by atoms with Gasteiger partial charge in [0.05, 0.1) is 18.8 Å². The van der Waals surface area contributed by atoms with E-state index in [0.717, 1.165) is 56.4 Å². The molecule has 28 heavy (non-hydrogen) atoms. The van der Waals surface area contributed by atoms with E-state index < -0.39 is 6.10 Å². The van der Waals surface area contributed by atoms with Crippen LogP contribution in [0.2, 0.25) is 0 Å². The first-order chi connectivity index (χ1) is 13.0. The van der Waals surface area contributed by atoms with Crippen molar-refractivity contribution in [3.8, 4) is 5.75 Å². The number of rotatable bonds is 12. The number of hydrogen-bond acceptors (Lipinski definition) is 4. The van der Waals surface area contributed by atoms with E-state index in [9.17, 15) is 5.11 Å². The van der Waals surface area contributed by atoms with E-state index in [1.165, 1.54) is 0 Å². The van der Waals surface area contributed by atoms with Crippen LogP contribution in [-0.2, 0) is 0 Å². The van der Waals surface area contributed by atoms with Gasteiger partial charge < -0.3 is 25.4 Å². The lowest BCUT2D eigenvalue weighted by molar-refractivity contribution is 0.185. The van der Waals surface area contributed by atoms with Gasteiger partial charge in [0.25, 0.3) is 0 Å². The molecule has 0 heterocycles. The second-order valence-electron chi connectivity index (χ2n) is 6.78. The zero-order valence-corrected chi connectivity index (χ0v) is 20.4. The monoisotopic (exact) mass is 506 g/mol. The Balaban J connectivity index is 0.00000729. The summed E-state index contributed by atoms with van der Waals surface area (Å²) in [5, 5.41) is 17.1. The molecule has 1 aromatic carbocycles. The third-order valence-electron chi connectivity index (χ3n) is 4.22. The van der Waals surface area contributed by atoms with Gasteiger partial charge in [0.15, 0.2) is 5.96 Å². The normalized spacial score (nSPS) is 12.6. The van der Waals surface area contributed by atoms with Crippen molar-refractivity contribution in [2.24, 2.45) is 4.99 Å². The highest BCUT2D eigenvalue weighted by Gasteiger charge is 2.09. The third kappa shape index (κ3) is 11.1.